The average molecular weight is 307 g/mol. The van der Waals surface area contributed by atoms with E-state index < -0.39 is 6.10 Å². The van der Waals surface area contributed by atoms with Gasteiger partial charge in [-0.25, -0.2) is 0 Å². The zero-order valence-corrected chi connectivity index (χ0v) is 14.5. The molecule has 1 rings (SSSR count). The van der Waals surface area contributed by atoms with E-state index in [1.54, 1.807) is 0 Å². The van der Waals surface area contributed by atoms with E-state index in [2.05, 4.69) is 20.8 Å². The summed E-state index contributed by atoms with van der Waals surface area (Å²) < 4.78 is 6.09. The van der Waals surface area contributed by atoms with E-state index in [4.69, 9.17) is 10.5 Å². The minimum absolute atomic E-state index is 0.273. The van der Waals surface area contributed by atoms with Crippen molar-refractivity contribution in [3.8, 4) is 5.75 Å². The van der Waals surface area contributed by atoms with Crippen LogP contribution in [0.1, 0.15) is 71.0 Å². The smallest absolute Gasteiger partial charge is 0.119 e. The van der Waals surface area contributed by atoms with Crippen LogP contribution in [0, 0.1) is 5.41 Å². The third-order valence-corrected chi connectivity index (χ3v) is 4.54. The second-order valence-electron chi connectivity index (χ2n) is 6.31. The monoisotopic (exact) mass is 307 g/mol. The third-order valence-electron chi connectivity index (χ3n) is 4.54. The van der Waals surface area contributed by atoms with Crippen LogP contribution in [-0.2, 0) is 0 Å². The topological polar surface area (TPSA) is 55.5 Å². The Kier molecular flexibility index (Phi) is 8.51. The van der Waals surface area contributed by atoms with E-state index in [0.717, 1.165) is 24.3 Å². The summed E-state index contributed by atoms with van der Waals surface area (Å²) in [4.78, 5) is 0. The predicted octanol–water partition coefficient (Wildman–Crippen LogP) is 4.44. The van der Waals surface area contributed by atoms with E-state index in [0.29, 0.717) is 13.0 Å². The SMILES string of the molecule is CCCC(CC)(CCC)COc1cccc(C(O)CCN)c1. The molecule has 0 saturated heterocycles. The van der Waals surface area contributed by atoms with Gasteiger partial charge in [-0.1, -0.05) is 45.7 Å². The molecule has 0 aliphatic rings. The van der Waals surface area contributed by atoms with Gasteiger partial charge in [-0.05, 0) is 49.9 Å². The zero-order valence-electron chi connectivity index (χ0n) is 14.5. The standard InChI is InChI=1S/C19H33NO2/c1-4-11-19(6-3,12-5-2)15-22-17-9-7-8-16(14-17)18(21)10-13-20/h7-9,14,18,21H,4-6,10-13,15,20H2,1-3H3. The van der Waals surface area contributed by atoms with Crippen LogP contribution in [0.25, 0.3) is 0 Å². The predicted molar refractivity (Wildman–Crippen MR) is 93.1 cm³/mol. The lowest BCUT2D eigenvalue weighted by Gasteiger charge is -2.32. The molecule has 3 N–H and O–H groups in total. The molecule has 0 fully saturated rings. The largest absolute Gasteiger partial charge is 0.493 e. The van der Waals surface area contributed by atoms with Gasteiger partial charge >= 0.3 is 0 Å². The molecule has 126 valence electrons. The van der Waals surface area contributed by atoms with E-state index in [1.807, 2.05) is 24.3 Å². The molecule has 0 aliphatic heterocycles. The maximum Gasteiger partial charge on any atom is 0.119 e. The summed E-state index contributed by atoms with van der Waals surface area (Å²) in [7, 11) is 0. The van der Waals surface area contributed by atoms with E-state index >= 15 is 0 Å². The highest BCUT2D eigenvalue weighted by Gasteiger charge is 2.27. The molecular weight excluding hydrogens is 274 g/mol. The molecule has 0 spiro atoms. The van der Waals surface area contributed by atoms with Gasteiger partial charge in [0, 0.05) is 5.41 Å². The maximum absolute atomic E-state index is 10.1. The lowest BCUT2D eigenvalue weighted by molar-refractivity contribution is 0.114. The zero-order chi connectivity index (χ0) is 16.4. The van der Waals surface area contributed by atoms with Crippen molar-refractivity contribution in [3.63, 3.8) is 0 Å². The lowest BCUT2D eigenvalue weighted by atomic mass is 9.78. The fourth-order valence-electron chi connectivity index (χ4n) is 3.16. The summed E-state index contributed by atoms with van der Waals surface area (Å²) in [5, 5.41) is 10.1. The van der Waals surface area contributed by atoms with Gasteiger partial charge in [0.15, 0.2) is 0 Å². The molecule has 1 aromatic rings. The van der Waals surface area contributed by atoms with Gasteiger partial charge in [-0.2, -0.15) is 0 Å². The van der Waals surface area contributed by atoms with Gasteiger partial charge in [0.2, 0.25) is 0 Å². The van der Waals surface area contributed by atoms with Gasteiger partial charge in [0.1, 0.15) is 5.75 Å². The summed E-state index contributed by atoms with van der Waals surface area (Å²) in [5.41, 5.74) is 6.67. The number of nitrogens with two attached hydrogens (primary N) is 1. The first-order valence-corrected chi connectivity index (χ1v) is 8.71. The Morgan fingerprint density at radius 2 is 1.86 bits per heavy atom. The van der Waals surface area contributed by atoms with Crippen molar-refractivity contribution in [2.75, 3.05) is 13.2 Å². The number of hydrogen-bond acceptors (Lipinski definition) is 3. The van der Waals surface area contributed by atoms with E-state index in [1.165, 1.54) is 25.7 Å². The highest BCUT2D eigenvalue weighted by Crippen LogP contribution is 2.34. The first kappa shape index (κ1) is 19.0. The number of rotatable bonds is 11. The average Bonchev–Trinajstić information content (AvgIpc) is 2.53. The van der Waals surface area contributed by atoms with Crippen molar-refractivity contribution < 1.29 is 9.84 Å². The van der Waals surface area contributed by atoms with Gasteiger partial charge < -0.3 is 15.6 Å². The molecule has 0 saturated carbocycles. The third kappa shape index (κ3) is 5.62. The molecule has 3 nitrogen and oxygen atoms in total. The molecule has 0 radical (unpaired) electrons. The Balaban J connectivity index is 2.74. The van der Waals surface area contributed by atoms with Crippen LogP contribution >= 0.6 is 0 Å². The van der Waals surface area contributed by atoms with Crippen molar-refractivity contribution >= 4 is 0 Å². The summed E-state index contributed by atoms with van der Waals surface area (Å²) in [6.07, 6.45) is 5.99. The van der Waals surface area contributed by atoms with Gasteiger partial charge in [-0.3, -0.25) is 0 Å². The second-order valence-corrected chi connectivity index (χ2v) is 6.31. The Labute approximate surface area is 135 Å². The van der Waals surface area contributed by atoms with Crippen LogP contribution < -0.4 is 10.5 Å². The van der Waals surface area contributed by atoms with Crippen molar-refractivity contribution in [1.82, 2.24) is 0 Å². The quantitative estimate of drug-likeness (QED) is 0.635. The van der Waals surface area contributed by atoms with Crippen molar-refractivity contribution in [2.24, 2.45) is 11.1 Å². The van der Waals surface area contributed by atoms with Gasteiger partial charge in [-0.15, -0.1) is 0 Å². The Morgan fingerprint density at radius 1 is 1.18 bits per heavy atom. The normalized spacial score (nSPS) is 13.1. The Hall–Kier alpha value is -1.06. The van der Waals surface area contributed by atoms with Crippen LogP contribution in [0.2, 0.25) is 0 Å². The molecule has 0 heterocycles. The molecule has 0 aromatic heterocycles. The number of hydrogen-bond donors (Lipinski definition) is 2. The minimum Gasteiger partial charge on any atom is -0.493 e. The Morgan fingerprint density at radius 3 is 2.41 bits per heavy atom. The fraction of sp³-hybridized carbons (Fsp3) is 0.684. The van der Waals surface area contributed by atoms with Gasteiger partial charge in [0.05, 0.1) is 12.7 Å². The number of aliphatic hydroxyl groups excluding tert-OH is 1. The number of benzene rings is 1. The number of ether oxygens (including phenoxy) is 1. The molecular formula is C19H33NO2. The van der Waals surface area contributed by atoms with Crippen molar-refractivity contribution in [3.05, 3.63) is 29.8 Å². The summed E-state index contributed by atoms with van der Waals surface area (Å²) in [6.45, 7) is 7.98. The number of aliphatic hydroxyl groups is 1. The molecule has 0 bridgehead atoms. The molecule has 1 aromatic carbocycles. The van der Waals surface area contributed by atoms with Crippen LogP contribution in [0.15, 0.2) is 24.3 Å². The Bertz CT molecular complexity index is 414. The molecule has 1 unspecified atom stereocenters. The first-order chi connectivity index (χ1) is 10.6. The lowest BCUT2D eigenvalue weighted by Crippen LogP contribution is -2.28. The first-order valence-electron chi connectivity index (χ1n) is 8.71. The molecule has 0 amide bonds. The molecule has 0 aliphatic carbocycles. The van der Waals surface area contributed by atoms with E-state index in [9.17, 15) is 5.11 Å². The van der Waals surface area contributed by atoms with Gasteiger partial charge in [0.25, 0.3) is 0 Å². The van der Waals surface area contributed by atoms with Crippen LogP contribution in [0.5, 0.6) is 5.75 Å². The highest BCUT2D eigenvalue weighted by molar-refractivity contribution is 5.30. The van der Waals surface area contributed by atoms with Crippen molar-refractivity contribution in [1.29, 1.82) is 0 Å². The van der Waals surface area contributed by atoms with Crippen LogP contribution in [0.4, 0.5) is 0 Å². The summed E-state index contributed by atoms with van der Waals surface area (Å²) in [6, 6.07) is 7.78. The minimum atomic E-state index is -0.504. The molecule has 22 heavy (non-hydrogen) atoms. The molecule has 3 heteroatoms. The van der Waals surface area contributed by atoms with Crippen molar-refractivity contribution in [2.45, 2.75) is 65.4 Å². The second kappa shape index (κ2) is 9.86. The van der Waals surface area contributed by atoms with Crippen LogP contribution in [-0.4, -0.2) is 18.3 Å². The fourth-order valence-corrected chi connectivity index (χ4v) is 3.16. The highest BCUT2D eigenvalue weighted by atomic mass is 16.5. The summed E-state index contributed by atoms with van der Waals surface area (Å²) in [5.74, 6) is 0.846. The summed E-state index contributed by atoms with van der Waals surface area (Å²) >= 11 is 0. The maximum atomic E-state index is 10.1. The molecule has 1 atom stereocenters. The van der Waals surface area contributed by atoms with E-state index in [-0.39, 0.29) is 5.41 Å². The van der Waals surface area contributed by atoms with Crippen LogP contribution in [0.3, 0.4) is 0 Å².